The van der Waals surface area contributed by atoms with E-state index in [0.717, 1.165) is 15.4 Å². The maximum Gasteiger partial charge on any atom is 0.264 e. The van der Waals surface area contributed by atoms with E-state index in [1.54, 1.807) is 31.4 Å². The number of sulfonamides is 1. The van der Waals surface area contributed by atoms with Crippen molar-refractivity contribution < 1.29 is 22.7 Å². The molecule has 3 aromatic carbocycles. The first-order chi connectivity index (χ1) is 17.5. The van der Waals surface area contributed by atoms with Gasteiger partial charge >= 0.3 is 0 Å². The number of carbonyl (C=O) groups is 1. The number of benzene rings is 3. The zero-order chi connectivity index (χ0) is 27.2. The number of hydrogen-bond donors (Lipinski definition) is 1. The largest absolute Gasteiger partial charge is 0.497 e. The van der Waals surface area contributed by atoms with Crippen LogP contribution in [-0.4, -0.2) is 35.1 Å². The molecule has 0 saturated heterocycles. The van der Waals surface area contributed by atoms with Crippen LogP contribution >= 0.6 is 11.6 Å². The van der Waals surface area contributed by atoms with Crippen LogP contribution in [0.3, 0.4) is 0 Å². The Bertz CT molecular complexity index is 1310. The number of nitrogens with one attached hydrogen (secondary N) is 1. The highest BCUT2D eigenvalue weighted by molar-refractivity contribution is 7.92. The molecule has 0 aliphatic carbocycles. The lowest BCUT2D eigenvalue weighted by molar-refractivity contribution is -0.120. The minimum absolute atomic E-state index is 0.0572. The van der Waals surface area contributed by atoms with Gasteiger partial charge in [-0.3, -0.25) is 9.10 Å². The minimum Gasteiger partial charge on any atom is -0.497 e. The zero-order valence-corrected chi connectivity index (χ0v) is 23.3. The number of halogens is 1. The van der Waals surface area contributed by atoms with E-state index < -0.39 is 22.5 Å². The molecule has 1 atom stereocenters. The van der Waals surface area contributed by atoms with E-state index in [4.69, 9.17) is 21.1 Å². The Morgan fingerprint density at radius 1 is 0.973 bits per heavy atom. The predicted molar refractivity (Wildman–Crippen MR) is 147 cm³/mol. The summed E-state index contributed by atoms with van der Waals surface area (Å²) in [4.78, 5) is 13.5. The molecule has 0 heterocycles. The summed E-state index contributed by atoms with van der Waals surface area (Å²) in [6.45, 7) is 5.54. The third-order valence-corrected chi connectivity index (χ3v) is 7.88. The van der Waals surface area contributed by atoms with Crippen molar-refractivity contribution in [1.82, 2.24) is 5.32 Å². The van der Waals surface area contributed by atoms with Crippen LogP contribution in [0.15, 0.2) is 71.6 Å². The van der Waals surface area contributed by atoms with Crippen LogP contribution in [0.25, 0.3) is 0 Å². The van der Waals surface area contributed by atoms with Crippen LogP contribution < -0.4 is 19.1 Å². The van der Waals surface area contributed by atoms with Crippen molar-refractivity contribution in [3.63, 3.8) is 0 Å². The summed E-state index contributed by atoms with van der Waals surface area (Å²) in [5, 5.41) is 3.34. The number of nitrogens with zero attached hydrogens (tertiary/aromatic N) is 1. The quantitative estimate of drug-likeness (QED) is 0.331. The number of carbonyl (C=O) groups excluding carboxylic acids is 1. The van der Waals surface area contributed by atoms with Gasteiger partial charge in [-0.15, -0.1) is 0 Å². The second kappa shape index (κ2) is 12.3. The molecule has 0 fully saturated rings. The molecule has 37 heavy (non-hydrogen) atoms. The van der Waals surface area contributed by atoms with Gasteiger partial charge in [-0.05, 0) is 67.3 Å². The van der Waals surface area contributed by atoms with Crippen LogP contribution in [-0.2, 0) is 14.8 Å². The molecule has 3 aromatic rings. The van der Waals surface area contributed by atoms with E-state index in [-0.39, 0.29) is 28.3 Å². The van der Waals surface area contributed by atoms with E-state index in [1.807, 2.05) is 31.2 Å². The fraction of sp³-hybridized carbons (Fsp3) is 0.321. The van der Waals surface area contributed by atoms with Gasteiger partial charge in [0.05, 0.1) is 30.8 Å². The number of ether oxygens (including phenoxy) is 2. The molecule has 0 aliphatic rings. The highest BCUT2D eigenvalue weighted by Gasteiger charge is 2.30. The van der Waals surface area contributed by atoms with Gasteiger partial charge in [0.2, 0.25) is 5.91 Å². The van der Waals surface area contributed by atoms with E-state index in [9.17, 15) is 13.2 Å². The first kappa shape index (κ1) is 28.3. The van der Waals surface area contributed by atoms with Crippen molar-refractivity contribution >= 4 is 33.2 Å². The molecular formula is C28H33ClN2O5S. The van der Waals surface area contributed by atoms with Crippen LogP contribution in [0.5, 0.6) is 11.5 Å². The van der Waals surface area contributed by atoms with Crippen molar-refractivity contribution in [3.05, 3.63) is 82.9 Å². The molecule has 0 radical (unpaired) electrons. The van der Waals surface area contributed by atoms with Crippen LogP contribution in [0.4, 0.5) is 5.69 Å². The number of rotatable bonds is 11. The predicted octanol–water partition coefficient (Wildman–Crippen LogP) is 5.76. The molecule has 0 aromatic heterocycles. The number of hydrogen-bond acceptors (Lipinski definition) is 5. The third kappa shape index (κ3) is 7.17. The smallest absolute Gasteiger partial charge is 0.264 e. The molecule has 7 nitrogen and oxygen atoms in total. The lowest BCUT2D eigenvalue weighted by Crippen LogP contribution is -2.42. The molecule has 0 bridgehead atoms. The van der Waals surface area contributed by atoms with Gasteiger partial charge in [0, 0.05) is 5.02 Å². The number of methoxy groups -OCH3 is 2. The summed E-state index contributed by atoms with van der Waals surface area (Å²) in [5.74, 6) is 0.815. The summed E-state index contributed by atoms with van der Waals surface area (Å²) in [6, 6.07) is 18.3. The molecule has 0 unspecified atom stereocenters. The summed E-state index contributed by atoms with van der Waals surface area (Å²) in [6.07, 6.45) is 0.670. The fourth-order valence-electron chi connectivity index (χ4n) is 3.95. The van der Waals surface area contributed by atoms with Crippen molar-refractivity contribution in [2.24, 2.45) is 5.92 Å². The molecular weight excluding hydrogens is 512 g/mol. The molecule has 1 N–H and O–H groups in total. The SMILES string of the molecule is COc1ccc([C@H](CC(C)C)NC(=O)CN(c2cc(Cl)ccc2OC)S(=O)(=O)c2ccc(C)cc2)cc1. The Morgan fingerprint density at radius 2 is 1.62 bits per heavy atom. The van der Waals surface area contributed by atoms with E-state index in [2.05, 4.69) is 19.2 Å². The number of anilines is 1. The first-order valence-corrected chi connectivity index (χ1v) is 13.7. The Kier molecular flexibility index (Phi) is 9.45. The van der Waals surface area contributed by atoms with Gasteiger partial charge in [-0.1, -0.05) is 55.3 Å². The first-order valence-electron chi connectivity index (χ1n) is 11.9. The monoisotopic (exact) mass is 544 g/mol. The van der Waals surface area contributed by atoms with Crippen molar-refractivity contribution in [2.75, 3.05) is 25.1 Å². The third-order valence-electron chi connectivity index (χ3n) is 5.87. The normalized spacial score (nSPS) is 12.2. The standard InChI is InChI=1S/C28H33ClN2O5S/c1-19(2)16-25(21-8-11-23(35-4)12-9-21)30-28(32)18-31(26-17-22(29)10-15-27(26)36-5)37(33,34)24-13-6-20(3)7-14-24/h6-15,17,19,25H,16,18H2,1-5H3,(H,30,32)/t25-/m0/s1. The summed E-state index contributed by atoms with van der Waals surface area (Å²) in [5.41, 5.74) is 1.99. The molecule has 0 saturated carbocycles. The number of amides is 1. The summed E-state index contributed by atoms with van der Waals surface area (Å²) >= 11 is 6.23. The highest BCUT2D eigenvalue weighted by Crippen LogP contribution is 2.35. The lowest BCUT2D eigenvalue weighted by Gasteiger charge is -2.27. The van der Waals surface area contributed by atoms with E-state index in [1.165, 1.54) is 25.3 Å². The molecule has 3 rings (SSSR count). The Balaban J connectivity index is 1.99. The van der Waals surface area contributed by atoms with E-state index >= 15 is 0 Å². The van der Waals surface area contributed by atoms with Crippen LogP contribution in [0.2, 0.25) is 5.02 Å². The number of aryl methyl sites for hydroxylation is 1. The second-order valence-electron chi connectivity index (χ2n) is 9.16. The fourth-order valence-corrected chi connectivity index (χ4v) is 5.54. The topological polar surface area (TPSA) is 84.9 Å². The van der Waals surface area contributed by atoms with Crippen molar-refractivity contribution in [2.45, 2.75) is 38.1 Å². The highest BCUT2D eigenvalue weighted by atomic mass is 35.5. The van der Waals surface area contributed by atoms with Gasteiger partial charge in [0.25, 0.3) is 10.0 Å². The van der Waals surface area contributed by atoms with Gasteiger partial charge < -0.3 is 14.8 Å². The summed E-state index contributed by atoms with van der Waals surface area (Å²) in [7, 11) is -1.10. The second-order valence-corrected chi connectivity index (χ2v) is 11.5. The zero-order valence-electron chi connectivity index (χ0n) is 21.7. The summed E-state index contributed by atoms with van der Waals surface area (Å²) < 4.78 is 39.3. The Labute approximate surface area is 224 Å². The maximum atomic E-state index is 13.8. The van der Waals surface area contributed by atoms with Gasteiger partial charge in [-0.2, -0.15) is 0 Å². The Hall–Kier alpha value is -3.23. The lowest BCUT2D eigenvalue weighted by atomic mass is 9.97. The van der Waals surface area contributed by atoms with Crippen molar-refractivity contribution in [1.29, 1.82) is 0 Å². The molecule has 9 heteroatoms. The molecule has 1 amide bonds. The van der Waals surface area contributed by atoms with Crippen LogP contribution in [0.1, 0.15) is 37.4 Å². The molecule has 0 spiro atoms. The van der Waals surface area contributed by atoms with Crippen LogP contribution in [0, 0.1) is 12.8 Å². The van der Waals surface area contributed by atoms with Gasteiger partial charge in [0.1, 0.15) is 18.0 Å². The minimum atomic E-state index is -4.13. The van der Waals surface area contributed by atoms with Gasteiger partial charge in [0.15, 0.2) is 0 Å². The molecule has 198 valence electrons. The Morgan fingerprint density at radius 3 is 2.19 bits per heavy atom. The molecule has 0 aliphatic heterocycles. The average molecular weight is 545 g/mol. The van der Waals surface area contributed by atoms with Crippen molar-refractivity contribution in [3.8, 4) is 11.5 Å². The average Bonchev–Trinajstić information content (AvgIpc) is 2.87. The maximum absolute atomic E-state index is 13.8. The van der Waals surface area contributed by atoms with Gasteiger partial charge in [-0.25, -0.2) is 8.42 Å². The van der Waals surface area contributed by atoms with E-state index in [0.29, 0.717) is 17.2 Å².